The largest absolute Gasteiger partial charge is 0.467 e. The van der Waals surface area contributed by atoms with Crippen molar-refractivity contribution in [2.75, 3.05) is 19.7 Å². The summed E-state index contributed by atoms with van der Waals surface area (Å²) in [6.45, 7) is 2.21. The first-order valence-corrected chi connectivity index (χ1v) is 8.44. The highest BCUT2D eigenvalue weighted by molar-refractivity contribution is 5.89. The Hall–Kier alpha value is -1.82. The van der Waals surface area contributed by atoms with Crippen LogP contribution in [0.15, 0.2) is 22.8 Å². The first kappa shape index (κ1) is 14.8. The van der Waals surface area contributed by atoms with E-state index in [2.05, 4.69) is 0 Å². The zero-order valence-electron chi connectivity index (χ0n) is 13.1. The van der Waals surface area contributed by atoms with Crippen LogP contribution in [0.3, 0.4) is 0 Å². The Morgan fingerprint density at radius 3 is 3.09 bits per heavy atom. The van der Waals surface area contributed by atoms with Crippen molar-refractivity contribution in [1.82, 2.24) is 9.80 Å². The Bertz CT molecular complexity index is 585. The van der Waals surface area contributed by atoms with Crippen molar-refractivity contribution in [2.24, 2.45) is 5.92 Å². The van der Waals surface area contributed by atoms with E-state index >= 15 is 0 Å². The molecule has 2 aliphatic heterocycles. The lowest BCUT2D eigenvalue weighted by Crippen LogP contribution is -2.53. The summed E-state index contributed by atoms with van der Waals surface area (Å²) in [6, 6.07) is 3.88. The molecule has 6 heteroatoms. The fourth-order valence-corrected chi connectivity index (χ4v) is 4.11. The Kier molecular flexibility index (Phi) is 3.85. The fourth-order valence-electron chi connectivity index (χ4n) is 4.11. The Morgan fingerprint density at radius 1 is 1.35 bits per heavy atom. The highest BCUT2D eigenvalue weighted by atomic mass is 16.5. The average molecular weight is 318 g/mol. The van der Waals surface area contributed by atoms with Crippen molar-refractivity contribution in [3.8, 4) is 0 Å². The van der Waals surface area contributed by atoms with E-state index in [1.807, 2.05) is 17.0 Å². The SMILES string of the molecule is O=C1C[C@H](C(=O)N2CCO[C@H]3CCC[C@H]32)CN1Cc1ccco1. The van der Waals surface area contributed by atoms with Crippen LogP contribution < -0.4 is 0 Å². The minimum Gasteiger partial charge on any atom is -0.467 e. The van der Waals surface area contributed by atoms with Gasteiger partial charge in [-0.3, -0.25) is 9.59 Å². The lowest BCUT2D eigenvalue weighted by molar-refractivity contribution is -0.148. The molecule has 0 radical (unpaired) electrons. The summed E-state index contributed by atoms with van der Waals surface area (Å²) in [7, 11) is 0. The first-order chi connectivity index (χ1) is 11.2. The van der Waals surface area contributed by atoms with Crippen molar-refractivity contribution < 1.29 is 18.7 Å². The summed E-state index contributed by atoms with van der Waals surface area (Å²) in [5.74, 6) is 0.696. The van der Waals surface area contributed by atoms with Gasteiger partial charge in [0.25, 0.3) is 0 Å². The maximum absolute atomic E-state index is 12.9. The molecular weight excluding hydrogens is 296 g/mol. The molecule has 0 N–H and O–H groups in total. The van der Waals surface area contributed by atoms with Gasteiger partial charge in [-0.25, -0.2) is 0 Å². The van der Waals surface area contributed by atoms with E-state index in [-0.39, 0.29) is 29.9 Å². The van der Waals surface area contributed by atoms with E-state index in [1.54, 1.807) is 11.2 Å². The fraction of sp³-hybridized carbons (Fsp3) is 0.647. The molecule has 3 aliphatic rings. The molecule has 1 aliphatic carbocycles. The monoisotopic (exact) mass is 318 g/mol. The normalized spacial score (nSPS) is 30.8. The van der Waals surface area contributed by atoms with Crippen molar-refractivity contribution in [3.63, 3.8) is 0 Å². The average Bonchev–Trinajstić information content (AvgIpc) is 3.28. The molecule has 3 atom stereocenters. The van der Waals surface area contributed by atoms with Crippen molar-refractivity contribution >= 4 is 11.8 Å². The number of nitrogens with zero attached hydrogens (tertiary/aromatic N) is 2. The van der Waals surface area contributed by atoms with Gasteiger partial charge in [0.2, 0.25) is 11.8 Å². The summed E-state index contributed by atoms with van der Waals surface area (Å²) in [5.41, 5.74) is 0. The summed E-state index contributed by atoms with van der Waals surface area (Å²) in [6.07, 6.45) is 5.30. The quantitative estimate of drug-likeness (QED) is 0.845. The number of hydrogen-bond donors (Lipinski definition) is 0. The van der Waals surface area contributed by atoms with E-state index < -0.39 is 0 Å². The molecule has 1 aromatic rings. The molecule has 124 valence electrons. The number of morpholine rings is 1. The highest BCUT2D eigenvalue weighted by Gasteiger charge is 2.43. The first-order valence-electron chi connectivity index (χ1n) is 8.44. The van der Waals surface area contributed by atoms with Crippen LogP contribution in [0.5, 0.6) is 0 Å². The molecule has 1 aromatic heterocycles. The molecule has 0 bridgehead atoms. The number of likely N-dealkylation sites (tertiary alicyclic amines) is 1. The topological polar surface area (TPSA) is 63.0 Å². The van der Waals surface area contributed by atoms with Gasteiger partial charge < -0.3 is 19.0 Å². The van der Waals surface area contributed by atoms with Gasteiger partial charge in [0.05, 0.1) is 37.5 Å². The molecule has 3 fully saturated rings. The Morgan fingerprint density at radius 2 is 2.26 bits per heavy atom. The molecule has 3 heterocycles. The molecule has 1 saturated carbocycles. The van der Waals surface area contributed by atoms with Gasteiger partial charge in [0.1, 0.15) is 5.76 Å². The number of furan rings is 1. The summed E-state index contributed by atoms with van der Waals surface area (Å²) < 4.78 is 11.1. The molecule has 2 amide bonds. The predicted octanol–water partition coefficient (Wildman–Crippen LogP) is 1.41. The lowest BCUT2D eigenvalue weighted by atomic mass is 10.0. The molecule has 0 aromatic carbocycles. The van der Waals surface area contributed by atoms with Crippen molar-refractivity contribution in [3.05, 3.63) is 24.2 Å². The summed E-state index contributed by atoms with van der Waals surface area (Å²) in [5, 5.41) is 0. The number of ether oxygens (including phenoxy) is 1. The second-order valence-electron chi connectivity index (χ2n) is 6.69. The summed E-state index contributed by atoms with van der Waals surface area (Å²) >= 11 is 0. The third-order valence-electron chi connectivity index (χ3n) is 5.26. The Labute approximate surface area is 135 Å². The van der Waals surface area contributed by atoms with Crippen molar-refractivity contribution in [1.29, 1.82) is 0 Å². The Balaban J connectivity index is 1.42. The second-order valence-corrected chi connectivity index (χ2v) is 6.69. The van der Waals surface area contributed by atoms with Crippen LogP contribution in [0, 0.1) is 5.92 Å². The van der Waals surface area contributed by atoms with Gasteiger partial charge in [-0.15, -0.1) is 0 Å². The van der Waals surface area contributed by atoms with E-state index in [4.69, 9.17) is 9.15 Å². The molecular formula is C17H22N2O4. The minimum absolute atomic E-state index is 0.0379. The third kappa shape index (κ3) is 2.76. The van der Waals surface area contributed by atoms with Gasteiger partial charge >= 0.3 is 0 Å². The van der Waals surface area contributed by atoms with Gasteiger partial charge in [0.15, 0.2) is 0 Å². The molecule has 4 rings (SSSR count). The zero-order valence-corrected chi connectivity index (χ0v) is 13.1. The summed E-state index contributed by atoms with van der Waals surface area (Å²) in [4.78, 5) is 28.8. The van der Waals surface area contributed by atoms with Gasteiger partial charge in [-0.05, 0) is 31.4 Å². The van der Waals surface area contributed by atoms with Crippen LogP contribution in [0.1, 0.15) is 31.4 Å². The third-order valence-corrected chi connectivity index (χ3v) is 5.26. The standard InChI is InChI=1S/C17H22N2O4/c20-16-9-12(10-18(16)11-13-3-2-7-22-13)17(21)19-6-8-23-15-5-1-4-14(15)19/h2-3,7,12,14-15H,1,4-6,8-11H2/t12-,14+,15-/m0/s1. The number of fused-ring (bicyclic) bond motifs is 1. The maximum atomic E-state index is 12.9. The number of hydrogen-bond acceptors (Lipinski definition) is 4. The molecule has 23 heavy (non-hydrogen) atoms. The number of amides is 2. The smallest absolute Gasteiger partial charge is 0.228 e. The second kappa shape index (κ2) is 6.00. The van der Waals surface area contributed by atoms with Crippen LogP contribution in [-0.2, 0) is 20.9 Å². The van der Waals surface area contributed by atoms with Crippen LogP contribution >= 0.6 is 0 Å². The minimum atomic E-state index is -0.225. The van der Waals surface area contributed by atoms with E-state index in [9.17, 15) is 9.59 Å². The van der Waals surface area contributed by atoms with Gasteiger partial charge in [-0.2, -0.15) is 0 Å². The van der Waals surface area contributed by atoms with Gasteiger partial charge in [-0.1, -0.05) is 0 Å². The number of carbonyl (C=O) groups is 2. The van der Waals surface area contributed by atoms with Crippen LogP contribution in [0.2, 0.25) is 0 Å². The number of carbonyl (C=O) groups excluding carboxylic acids is 2. The predicted molar refractivity (Wildman–Crippen MR) is 81.3 cm³/mol. The van der Waals surface area contributed by atoms with Crippen molar-refractivity contribution in [2.45, 2.75) is 44.4 Å². The van der Waals surface area contributed by atoms with Crippen LogP contribution in [0.4, 0.5) is 0 Å². The van der Waals surface area contributed by atoms with E-state index in [1.165, 1.54) is 0 Å². The highest BCUT2D eigenvalue weighted by Crippen LogP contribution is 2.32. The number of rotatable bonds is 3. The van der Waals surface area contributed by atoms with Gasteiger partial charge in [0, 0.05) is 19.5 Å². The molecule has 2 saturated heterocycles. The van der Waals surface area contributed by atoms with E-state index in [0.717, 1.165) is 25.0 Å². The molecule has 6 nitrogen and oxygen atoms in total. The lowest BCUT2D eigenvalue weighted by Gasteiger charge is -2.38. The molecule has 0 unspecified atom stereocenters. The maximum Gasteiger partial charge on any atom is 0.228 e. The van der Waals surface area contributed by atoms with E-state index in [0.29, 0.717) is 32.7 Å². The zero-order chi connectivity index (χ0) is 15.8. The van der Waals surface area contributed by atoms with Crippen LogP contribution in [-0.4, -0.2) is 53.5 Å². The van der Waals surface area contributed by atoms with Crippen LogP contribution in [0.25, 0.3) is 0 Å². The molecule has 0 spiro atoms.